The highest BCUT2D eigenvalue weighted by Gasteiger charge is 2.10. The fourth-order valence-electron chi connectivity index (χ4n) is 1.44. The van der Waals surface area contributed by atoms with Crippen molar-refractivity contribution >= 4 is 11.6 Å². The number of hydrogen-bond donors (Lipinski definition) is 1. The van der Waals surface area contributed by atoms with Gasteiger partial charge >= 0.3 is 0 Å². The number of benzene rings is 1. The van der Waals surface area contributed by atoms with Crippen LogP contribution in [0.15, 0.2) is 18.2 Å². The highest BCUT2D eigenvalue weighted by atomic mass is 35.5. The van der Waals surface area contributed by atoms with Crippen LogP contribution in [-0.4, -0.2) is 36.8 Å². The second kappa shape index (κ2) is 5.45. The van der Waals surface area contributed by atoms with Crippen LogP contribution in [0.3, 0.4) is 0 Å². The molecule has 0 saturated carbocycles. The van der Waals surface area contributed by atoms with Gasteiger partial charge in [-0.15, -0.1) is 0 Å². The molecule has 0 aliphatic carbocycles. The summed E-state index contributed by atoms with van der Waals surface area (Å²) >= 11 is 5.75. The Morgan fingerprint density at radius 3 is 2.73 bits per heavy atom. The number of nitrogens with zero attached hydrogens (tertiary/aromatic N) is 1. The smallest absolute Gasteiger partial charge is 0.126 e. The Balaban J connectivity index is 2.67. The quantitative estimate of drug-likeness (QED) is 0.856. The summed E-state index contributed by atoms with van der Waals surface area (Å²) in [6.07, 6.45) is -0.294. The summed E-state index contributed by atoms with van der Waals surface area (Å²) in [5.74, 6) is -0.322. The van der Waals surface area contributed by atoms with Crippen molar-refractivity contribution in [3.8, 4) is 0 Å². The molecule has 0 amide bonds. The molecule has 0 heterocycles. The number of aliphatic hydroxyl groups is 1. The first-order valence-electron chi connectivity index (χ1n) is 4.75. The zero-order valence-electron chi connectivity index (χ0n) is 8.87. The predicted octanol–water partition coefficient (Wildman–Crippen LogP) is 1.94. The minimum atomic E-state index is -0.576. The molecule has 1 unspecified atom stereocenters. The summed E-state index contributed by atoms with van der Waals surface area (Å²) in [4.78, 5) is 1.85. The molecule has 0 radical (unpaired) electrons. The largest absolute Gasteiger partial charge is 0.391 e. The van der Waals surface area contributed by atoms with Gasteiger partial charge in [-0.1, -0.05) is 11.6 Å². The van der Waals surface area contributed by atoms with Crippen molar-refractivity contribution < 1.29 is 9.50 Å². The lowest BCUT2D eigenvalue weighted by atomic mass is 10.1. The van der Waals surface area contributed by atoms with Crippen molar-refractivity contribution in [1.29, 1.82) is 0 Å². The molecule has 1 aromatic rings. The molecule has 1 rings (SSSR count). The minimum Gasteiger partial charge on any atom is -0.391 e. The number of likely N-dealkylation sites (N-methyl/N-ethyl adjacent to an activating group) is 1. The average Bonchev–Trinajstić information content (AvgIpc) is 2.10. The molecule has 84 valence electrons. The zero-order valence-corrected chi connectivity index (χ0v) is 9.63. The van der Waals surface area contributed by atoms with Gasteiger partial charge in [0.2, 0.25) is 0 Å². The molecule has 15 heavy (non-hydrogen) atoms. The summed E-state index contributed by atoms with van der Waals surface area (Å²) in [7, 11) is 3.72. The number of rotatable bonds is 4. The van der Waals surface area contributed by atoms with E-state index >= 15 is 0 Å². The van der Waals surface area contributed by atoms with Crippen LogP contribution in [0.25, 0.3) is 0 Å². The second-order valence-electron chi connectivity index (χ2n) is 3.86. The fraction of sp³-hybridized carbons (Fsp3) is 0.455. The predicted molar refractivity (Wildman–Crippen MR) is 59.7 cm³/mol. The minimum absolute atomic E-state index is 0.282. The van der Waals surface area contributed by atoms with Gasteiger partial charge in [-0.25, -0.2) is 4.39 Å². The maximum atomic E-state index is 13.3. The van der Waals surface area contributed by atoms with Gasteiger partial charge in [0.15, 0.2) is 0 Å². The maximum Gasteiger partial charge on any atom is 0.126 e. The zero-order chi connectivity index (χ0) is 11.4. The van der Waals surface area contributed by atoms with E-state index in [1.54, 1.807) is 6.07 Å². The van der Waals surface area contributed by atoms with Crippen molar-refractivity contribution in [2.24, 2.45) is 0 Å². The SMILES string of the molecule is CN(C)CC(O)Cc1cc(Cl)ccc1F. The van der Waals surface area contributed by atoms with Crippen molar-refractivity contribution in [3.63, 3.8) is 0 Å². The van der Waals surface area contributed by atoms with Crippen LogP contribution >= 0.6 is 11.6 Å². The normalized spacial score (nSPS) is 13.2. The van der Waals surface area contributed by atoms with Crippen LogP contribution < -0.4 is 0 Å². The van der Waals surface area contributed by atoms with Crippen molar-refractivity contribution in [2.75, 3.05) is 20.6 Å². The standard InChI is InChI=1S/C11H15ClFNO/c1-14(2)7-10(15)6-8-5-9(12)3-4-11(8)13/h3-5,10,15H,6-7H2,1-2H3. The van der Waals surface area contributed by atoms with Crippen LogP contribution in [0.4, 0.5) is 4.39 Å². The topological polar surface area (TPSA) is 23.5 Å². The summed E-state index contributed by atoms with van der Waals surface area (Å²) in [6.45, 7) is 0.506. The van der Waals surface area contributed by atoms with Gasteiger partial charge in [-0.05, 0) is 37.9 Å². The number of aliphatic hydroxyl groups excluding tert-OH is 1. The molecule has 4 heteroatoms. The lowest BCUT2D eigenvalue weighted by Gasteiger charge is -2.16. The van der Waals surface area contributed by atoms with E-state index in [2.05, 4.69) is 0 Å². The van der Waals surface area contributed by atoms with E-state index in [9.17, 15) is 9.50 Å². The van der Waals surface area contributed by atoms with Crippen LogP contribution in [0.2, 0.25) is 5.02 Å². The summed E-state index contributed by atoms with van der Waals surface area (Å²) in [5.41, 5.74) is 0.455. The molecule has 1 atom stereocenters. The van der Waals surface area contributed by atoms with Gasteiger partial charge in [0, 0.05) is 18.0 Å². The highest BCUT2D eigenvalue weighted by Crippen LogP contribution is 2.16. The second-order valence-corrected chi connectivity index (χ2v) is 4.29. The molecule has 0 spiro atoms. The highest BCUT2D eigenvalue weighted by molar-refractivity contribution is 6.30. The molecule has 0 aromatic heterocycles. The third-order valence-electron chi connectivity index (χ3n) is 2.04. The molecule has 1 aromatic carbocycles. The number of halogens is 2. The molecular weight excluding hydrogens is 217 g/mol. The third-order valence-corrected chi connectivity index (χ3v) is 2.27. The first-order valence-corrected chi connectivity index (χ1v) is 5.13. The van der Waals surface area contributed by atoms with Crippen LogP contribution in [0.5, 0.6) is 0 Å². The lowest BCUT2D eigenvalue weighted by molar-refractivity contribution is 0.136. The van der Waals surface area contributed by atoms with Gasteiger partial charge < -0.3 is 10.0 Å². The van der Waals surface area contributed by atoms with Gasteiger partial charge in [-0.3, -0.25) is 0 Å². The van der Waals surface area contributed by atoms with Gasteiger partial charge in [0.05, 0.1) is 6.10 Å². The Morgan fingerprint density at radius 1 is 1.47 bits per heavy atom. The Morgan fingerprint density at radius 2 is 2.13 bits per heavy atom. The molecule has 1 N–H and O–H groups in total. The molecule has 0 aliphatic rings. The Bertz CT molecular complexity index is 330. The van der Waals surface area contributed by atoms with E-state index in [1.807, 2.05) is 19.0 Å². The fourth-order valence-corrected chi connectivity index (χ4v) is 1.63. The Hall–Kier alpha value is -0.640. The van der Waals surface area contributed by atoms with E-state index in [4.69, 9.17) is 11.6 Å². The lowest BCUT2D eigenvalue weighted by Crippen LogP contribution is -2.27. The molecule has 2 nitrogen and oxygen atoms in total. The van der Waals surface area contributed by atoms with Gasteiger partial charge in [0.1, 0.15) is 5.82 Å². The van der Waals surface area contributed by atoms with E-state index in [1.165, 1.54) is 12.1 Å². The first kappa shape index (κ1) is 12.4. The molecule has 0 saturated heterocycles. The molecule has 0 aliphatic heterocycles. The third kappa shape index (κ3) is 4.16. The summed E-state index contributed by atoms with van der Waals surface area (Å²) in [5, 5.41) is 10.1. The molecular formula is C11H15ClFNO. The van der Waals surface area contributed by atoms with Crippen LogP contribution in [-0.2, 0) is 6.42 Å². The van der Waals surface area contributed by atoms with E-state index in [0.717, 1.165) is 0 Å². The van der Waals surface area contributed by atoms with E-state index in [-0.39, 0.29) is 12.2 Å². The van der Waals surface area contributed by atoms with E-state index < -0.39 is 6.10 Å². The summed E-state index contributed by atoms with van der Waals surface area (Å²) in [6, 6.07) is 4.37. The average molecular weight is 232 g/mol. The maximum absolute atomic E-state index is 13.3. The Kier molecular flexibility index (Phi) is 4.51. The number of hydrogen-bond acceptors (Lipinski definition) is 2. The van der Waals surface area contributed by atoms with Crippen molar-refractivity contribution in [2.45, 2.75) is 12.5 Å². The van der Waals surface area contributed by atoms with Gasteiger partial charge in [-0.2, -0.15) is 0 Å². The van der Waals surface area contributed by atoms with Gasteiger partial charge in [0.25, 0.3) is 0 Å². The van der Waals surface area contributed by atoms with E-state index in [0.29, 0.717) is 17.1 Å². The molecule has 0 bridgehead atoms. The first-order chi connectivity index (χ1) is 6.99. The van der Waals surface area contributed by atoms with Crippen molar-refractivity contribution in [1.82, 2.24) is 4.90 Å². The van der Waals surface area contributed by atoms with Crippen molar-refractivity contribution in [3.05, 3.63) is 34.6 Å². The summed E-state index contributed by atoms with van der Waals surface area (Å²) < 4.78 is 13.3. The van der Waals surface area contributed by atoms with Crippen LogP contribution in [0.1, 0.15) is 5.56 Å². The Labute approximate surface area is 94.3 Å². The monoisotopic (exact) mass is 231 g/mol. The molecule has 0 fully saturated rings. The van der Waals surface area contributed by atoms with Crippen LogP contribution in [0, 0.1) is 5.82 Å².